The summed E-state index contributed by atoms with van der Waals surface area (Å²) in [4.78, 5) is 7.00. The third-order valence-electron chi connectivity index (χ3n) is 5.46. The van der Waals surface area contributed by atoms with Gasteiger partial charge in [-0.25, -0.2) is 4.98 Å². The molecule has 0 bridgehead atoms. The molecule has 1 saturated heterocycles. The SMILES string of the molecule is Cl.Cl.c1ccc2c(c1)OC(CCNC1CCN(Cc3nc4ccccc4o3)CC1)O2. The van der Waals surface area contributed by atoms with Crippen molar-refractivity contribution in [3.05, 3.63) is 54.4 Å². The number of ether oxygens (including phenoxy) is 2. The Labute approximate surface area is 188 Å². The zero-order valence-corrected chi connectivity index (χ0v) is 18.3. The number of nitrogens with one attached hydrogen (secondary N) is 1. The highest BCUT2D eigenvalue weighted by Gasteiger charge is 2.24. The van der Waals surface area contributed by atoms with Crippen molar-refractivity contribution in [3.63, 3.8) is 0 Å². The second-order valence-electron chi connectivity index (χ2n) is 7.48. The standard InChI is InChI=1S/C22H25N3O3.2ClH/c1-2-6-18-17(5-1)24-21(26-18)15-25-13-10-16(11-14-25)23-12-9-22-27-19-7-3-4-8-20(19)28-22;;/h1-8,16,22-23H,9-15H2;2*1H. The predicted molar refractivity (Wildman–Crippen MR) is 121 cm³/mol. The Morgan fingerprint density at radius 2 is 1.60 bits per heavy atom. The van der Waals surface area contributed by atoms with Gasteiger partial charge in [-0.05, 0) is 37.1 Å². The average Bonchev–Trinajstić information content (AvgIpc) is 3.32. The van der Waals surface area contributed by atoms with Crippen LogP contribution >= 0.6 is 24.8 Å². The number of rotatable bonds is 6. The number of likely N-dealkylation sites (tertiary alicyclic amines) is 1. The second kappa shape index (κ2) is 10.4. The molecular weight excluding hydrogens is 425 g/mol. The largest absolute Gasteiger partial charge is 0.451 e. The molecule has 0 radical (unpaired) electrons. The first-order valence-corrected chi connectivity index (χ1v) is 10.1. The van der Waals surface area contributed by atoms with E-state index in [-0.39, 0.29) is 31.1 Å². The van der Waals surface area contributed by atoms with Gasteiger partial charge < -0.3 is 19.2 Å². The van der Waals surface area contributed by atoms with Crippen molar-refractivity contribution in [1.29, 1.82) is 0 Å². The van der Waals surface area contributed by atoms with E-state index in [0.29, 0.717) is 6.04 Å². The number of piperidine rings is 1. The van der Waals surface area contributed by atoms with Crippen LogP contribution in [0.5, 0.6) is 11.5 Å². The molecule has 162 valence electrons. The molecule has 2 aliphatic heterocycles. The number of hydrogen-bond donors (Lipinski definition) is 1. The van der Waals surface area contributed by atoms with Crippen LogP contribution in [0.1, 0.15) is 25.2 Å². The van der Waals surface area contributed by atoms with Crippen LogP contribution < -0.4 is 14.8 Å². The van der Waals surface area contributed by atoms with Crippen molar-refractivity contribution in [2.45, 2.75) is 38.1 Å². The van der Waals surface area contributed by atoms with Crippen LogP contribution in [-0.2, 0) is 6.54 Å². The lowest BCUT2D eigenvalue weighted by atomic mass is 10.0. The van der Waals surface area contributed by atoms with Gasteiger partial charge in [-0.15, -0.1) is 24.8 Å². The topological polar surface area (TPSA) is 59.8 Å². The van der Waals surface area contributed by atoms with Gasteiger partial charge in [-0.3, -0.25) is 4.90 Å². The fraction of sp³-hybridized carbons (Fsp3) is 0.409. The molecule has 8 heteroatoms. The van der Waals surface area contributed by atoms with Gasteiger partial charge in [0.15, 0.2) is 17.1 Å². The summed E-state index contributed by atoms with van der Waals surface area (Å²) < 4.78 is 17.5. The highest BCUT2D eigenvalue weighted by Crippen LogP contribution is 2.34. The summed E-state index contributed by atoms with van der Waals surface area (Å²) in [5, 5.41) is 3.66. The molecule has 6 nitrogen and oxygen atoms in total. The number of hydrogen-bond acceptors (Lipinski definition) is 6. The van der Waals surface area contributed by atoms with Crippen LogP contribution in [0.3, 0.4) is 0 Å². The number of halogens is 2. The Balaban J connectivity index is 0.00000128. The number of aromatic nitrogens is 1. The molecule has 0 amide bonds. The summed E-state index contributed by atoms with van der Waals surface area (Å²) in [7, 11) is 0. The first-order valence-electron chi connectivity index (χ1n) is 10.1. The maximum Gasteiger partial charge on any atom is 0.242 e. The number of nitrogens with zero attached hydrogens (tertiary/aromatic N) is 2. The minimum absolute atomic E-state index is 0. The Morgan fingerprint density at radius 1 is 0.933 bits per heavy atom. The van der Waals surface area contributed by atoms with Crippen molar-refractivity contribution >= 4 is 35.9 Å². The third-order valence-corrected chi connectivity index (χ3v) is 5.46. The third kappa shape index (κ3) is 5.19. The van der Waals surface area contributed by atoms with Crippen molar-refractivity contribution < 1.29 is 13.9 Å². The predicted octanol–water partition coefficient (Wildman–Crippen LogP) is 4.41. The van der Waals surface area contributed by atoms with Gasteiger partial charge >= 0.3 is 0 Å². The fourth-order valence-corrected chi connectivity index (χ4v) is 3.95. The number of para-hydroxylation sites is 4. The molecule has 1 fully saturated rings. The highest BCUT2D eigenvalue weighted by molar-refractivity contribution is 5.85. The molecule has 0 saturated carbocycles. The van der Waals surface area contributed by atoms with Crippen LogP contribution in [-0.4, -0.2) is 41.9 Å². The van der Waals surface area contributed by atoms with Gasteiger partial charge in [0.05, 0.1) is 6.54 Å². The maximum absolute atomic E-state index is 5.85. The smallest absolute Gasteiger partial charge is 0.242 e. The number of oxazole rings is 1. The summed E-state index contributed by atoms with van der Waals surface area (Å²) >= 11 is 0. The van der Waals surface area contributed by atoms with Crippen LogP contribution in [0.15, 0.2) is 52.9 Å². The number of benzene rings is 2. The van der Waals surface area contributed by atoms with Crippen molar-refractivity contribution in [3.8, 4) is 11.5 Å². The molecule has 3 heterocycles. The van der Waals surface area contributed by atoms with Crippen molar-refractivity contribution in [1.82, 2.24) is 15.2 Å². The molecule has 2 aromatic carbocycles. The van der Waals surface area contributed by atoms with Gasteiger partial charge in [0, 0.05) is 32.1 Å². The van der Waals surface area contributed by atoms with E-state index < -0.39 is 0 Å². The number of fused-ring (bicyclic) bond motifs is 2. The highest BCUT2D eigenvalue weighted by atomic mass is 35.5. The van der Waals surface area contributed by atoms with Crippen LogP contribution in [0.25, 0.3) is 11.1 Å². The molecule has 0 spiro atoms. The minimum Gasteiger partial charge on any atom is -0.451 e. The molecule has 1 aromatic heterocycles. The average molecular weight is 452 g/mol. The molecule has 3 aromatic rings. The van der Waals surface area contributed by atoms with Gasteiger partial charge in [0.25, 0.3) is 0 Å². The van der Waals surface area contributed by atoms with E-state index in [2.05, 4.69) is 15.2 Å². The summed E-state index contributed by atoms with van der Waals surface area (Å²) in [6.07, 6.45) is 2.93. The monoisotopic (exact) mass is 451 g/mol. The molecular formula is C22H27Cl2N3O3. The Hall–Kier alpha value is -1.99. The lowest BCUT2D eigenvalue weighted by Crippen LogP contribution is -2.43. The van der Waals surface area contributed by atoms with E-state index in [1.54, 1.807) is 0 Å². The van der Waals surface area contributed by atoms with E-state index in [1.165, 1.54) is 0 Å². The summed E-state index contributed by atoms with van der Waals surface area (Å²) in [6, 6.07) is 16.3. The summed E-state index contributed by atoms with van der Waals surface area (Å²) in [6.45, 7) is 3.79. The molecule has 5 rings (SSSR count). The van der Waals surface area contributed by atoms with Crippen LogP contribution in [0, 0.1) is 0 Å². The van der Waals surface area contributed by atoms with Gasteiger partial charge in [-0.1, -0.05) is 24.3 Å². The second-order valence-corrected chi connectivity index (χ2v) is 7.48. The molecule has 0 aliphatic carbocycles. The molecule has 0 unspecified atom stereocenters. The zero-order chi connectivity index (χ0) is 18.8. The quantitative estimate of drug-likeness (QED) is 0.598. The molecule has 0 atom stereocenters. The Bertz CT molecular complexity index is 886. The lowest BCUT2D eigenvalue weighted by Gasteiger charge is -2.31. The summed E-state index contributed by atoms with van der Waals surface area (Å²) in [5.74, 6) is 2.50. The normalized spacial score (nSPS) is 16.9. The Morgan fingerprint density at radius 3 is 2.30 bits per heavy atom. The van der Waals surface area contributed by atoms with E-state index in [9.17, 15) is 0 Å². The van der Waals surface area contributed by atoms with Crippen LogP contribution in [0.4, 0.5) is 0 Å². The van der Waals surface area contributed by atoms with E-state index in [1.807, 2.05) is 48.5 Å². The van der Waals surface area contributed by atoms with E-state index in [0.717, 1.165) is 73.9 Å². The maximum atomic E-state index is 5.85. The molecule has 1 N–H and O–H groups in total. The first-order chi connectivity index (χ1) is 13.8. The van der Waals surface area contributed by atoms with Crippen molar-refractivity contribution in [2.75, 3.05) is 19.6 Å². The fourth-order valence-electron chi connectivity index (χ4n) is 3.95. The lowest BCUT2D eigenvalue weighted by molar-refractivity contribution is 0.0408. The van der Waals surface area contributed by atoms with Crippen LogP contribution in [0.2, 0.25) is 0 Å². The summed E-state index contributed by atoms with van der Waals surface area (Å²) in [5.41, 5.74) is 1.81. The van der Waals surface area contributed by atoms with Gasteiger partial charge in [0.1, 0.15) is 5.52 Å². The van der Waals surface area contributed by atoms with Crippen molar-refractivity contribution in [2.24, 2.45) is 0 Å². The van der Waals surface area contributed by atoms with E-state index in [4.69, 9.17) is 13.9 Å². The zero-order valence-electron chi connectivity index (χ0n) is 16.7. The first kappa shape index (κ1) is 22.7. The van der Waals surface area contributed by atoms with Gasteiger partial charge in [0.2, 0.25) is 12.2 Å². The minimum atomic E-state index is -0.177. The van der Waals surface area contributed by atoms with Gasteiger partial charge in [-0.2, -0.15) is 0 Å². The molecule has 2 aliphatic rings. The Kier molecular flexibility index (Phi) is 7.83. The van der Waals surface area contributed by atoms with E-state index >= 15 is 0 Å². The molecule has 30 heavy (non-hydrogen) atoms.